The van der Waals surface area contributed by atoms with Crippen molar-refractivity contribution in [3.8, 4) is 11.5 Å². The molecule has 1 aromatic carbocycles. The summed E-state index contributed by atoms with van der Waals surface area (Å²) >= 11 is 5.29. The minimum atomic E-state index is -0.913. The first-order valence-electron chi connectivity index (χ1n) is 6.31. The van der Waals surface area contributed by atoms with Gasteiger partial charge >= 0.3 is 17.9 Å². The fourth-order valence-electron chi connectivity index (χ4n) is 1.65. The van der Waals surface area contributed by atoms with Crippen molar-refractivity contribution in [3.63, 3.8) is 0 Å². The van der Waals surface area contributed by atoms with E-state index in [1.54, 1.807) is 6.07 Å². The quantitative estimate of drug-likeness (QED) is 0.474. The van der Waals surface area contributed by atoms with Gasteiger partial charge in [-0.1, -0.05) is 17.7 Å². The van der Waals surface area contributed by atoms with Gasteiger partial charge in [0.25, 0.3) is 0 Å². The van der Waals surface area contributed by atoms with Gasteiger partial charge in [-0.25, -0.2) is 0 Å². The largest absolute Gasteiger partial charge is 0.448 e. The number of halogens is 1. The topological polar surface area (TPSA) is 105 Å². The molecular weight excluding hydrogens is 314 g/mol. The van der Waals surface area contributed by atoms with E-state index in [2.05, 4.69) is 4.74 Å². The van der Waals surface area contributed by atoms with Crippen LogP contribution in [-0.2, 0) is 25.5 Å². The van der Waals surface area contributed by atoms with Crippen LogP contribution in [-0.4, -0.2) is 30.0 Å². The van der Waals surface area contributed by atoms with Gasteiger partial charge in [-0.05, 0) is 24.1 Å². The lowest BCUT2D eigenvalue weighted by atomic mass is 10.1. The maximum atomic E-state index is 11.4. The van der Waals surface area contributed by atoms with E-state index in [1.165, 1.54) is 26.0 Å². The second-order valence-corrected chi connectivity index (χ2v) is 4.57. The van der Waals surface area contributed by atoms with Gasteiger partial charge in [0, 0.05) is 13.8 Å². The van der Waals surface area contributed by atoms with Crippen LogP contribution in [0, 0.1) is 0 Å². The first-order chi connectivity index (χ1) is 10.3. The van der Waals surface area contributed by atoms with Crippen molar-refractivity contribution in [1.29, 1.82) is 0 Å². The lowest BCUT2D eigenvalue weighted by molar-refractivity contribution is -0.143. The number of hydrogen-bond acceptors (Lipinski definition) is 7. The normalized spacial score (nSPS) is 11.5. The predicted octanol–water partition coefficient (Wildman–Crippen LogP) is 1.15. The summed E-state index contributed by atoms with van der Waals surface area (Å²) in [4.78, 5) is 33.6. The van der Waals surface area contributed by atoms with Crippen molar-refractivity contribution in [2.75, 3.05) is 6.07 Å². The Bertz CT molecular complexity index is 574. The van der Waals surface area contributed by atoms with E-state index in [4.69, 9.17) is 26.8 Å². The minimum Gasteiger partial charge on any atom is -0.448 e. The van der Waals surface area contributed by atoms with Crippen molar-refractivity contribution in [3.05, 3.63) is 23.8 Å². The van der Waals surface area contributed by atoms with Crippen LogP contribution < -0.4 is 15.2 Å². The molecule has 22 heavy (non-hydrogen) atoms. The highest BCUT2D eigenvalue weighted by molar-refractivity contribution is 6.17. The number of carbonyl (C=O) groups is 3. The Morgan fingerprint density at radius 1 is 1.14 bits per heavy atom. The molecule has 0 radical (unpaired) electrons. The van der Waals surface area contributed by atoms with E-state index in [-0.39, 0.29) is 24.0 Å². The molecule has 2 N–H and O–H groups in total. The molecule has 1 atom stereocenters. The van der Waals surface area contributed by atoms with Gasteiger partial charge in [-0.15, -0.1) is 0 Å². The van der Waals surface area contributed by atoms with Crippen LogP contribution >= 0.6 is 11.6 Å². The van der Waals surface area contributed by atoms with Gasteiger partial charge in [0.1, 0.15) is 6.04 Å². The maximum absolute atomic E-state index is 11.4. The predicted molar refractivity (Wildman–Crippen MR) is 77.6 cm³/mol. The molecule has 1 aromatic rings. The average molecular weight is 330 g/mol. The summed E-state index contributed by atoms with van der Waals surface area (Å²) in [6.07, 6.45) is 0.143. The number of hydrogen-bond donors (Lipinski definition) is 1. The third-order valence-electron chi connectivity index (χ3n) is 2.47. The molecule has 0 amide bonds. The summed E-state index contributed by atoms with van der Waals surface area (Å²) in [6, 6.07) is 3.32. The standard InChI is InChI=1S/C14H16ClNO6/c1-8(17)21-12-4-3-10(6-13(12)22-9(2)18)5-11(16)14(19)20-7-15/h3-4,6,11H,5,7,16H2,1-2H3/t11-/m0/s1. The molecule has 0 aliphatic heterocycles. The first kappa shape index (κ1) is 17.9. The summed E-state index contributed by atoms with van der Waals surface area (Å²) in [7, 11) is 0. The second kappa shape index (κ2) is 8.35. The van der Waals surface area contributed by atoms with Crippen LogP contribution in [0.1, 0.15) is 19.4 Å². The molecule has 0 aromatic heterocycles. The van der Waals surface area contributed by atoms with E-state index in [0.29, 0.717) is 5.56 Å². The van der Waals surface area contributed by atoms with E-state index in [1.807, 2.05) is 0 Å². The Kier molecular flexibility index (Phi) is 6.81. The second-order valence-electron chi connectivity index (χ2n) is 4.35. The van der Waals surface area contributed by atoms with Gasteiger partial charge < -0.3 is 19.9 Å². The van der Waals surface area contributed by atoms with E-state index in [9.17, 15) is 14.4 Å². The lowest BCUT2D eigenvalue weighted by Crippen LogP contribution is -2.34. The lowest BCUT2D eigenvalue weighted by Gasteiger charge is -2.13. The smallest absolute Gasteiger partial charge is 0.324 e. The Morgan fingerprint density at radius 2 is 1.73 bits per heavy atom. The molecule has 8 heteroatoms. The van der Waals surface area contributed by atoms with Crippen molar-refractivity contribution in [2.45, 2.75) is 26.3 Å². The number of alkyl halides is 1. The zero-order valence-electron chi connectivity index (χ0n) is 12.1. The number of benzene rings is 1. The summed E-state index contributed by atoms with van der Waals surface area (Å²) in [5, 5.41) is 0. The van der Waals surface area contributed by atoms with Gasteiger partial charge in [-0.3, -0.25) is 14.4 Å². The zero-order valence-corrected chi connectivity index (χ0v) is 12.9. The Morgan fingerprint density at radius 3 is 2.27 bits per heavy atom. The molecular formula is C14H16ClNO6. The summed E-state index contributed by atoms with van der Waals surface area (Å²) in [5.74, 6) is -1.60. The zero-order chi connectivity index (χ0) is 16.7. The molecule has 0 saturated heterocycles. The van der Waals surface area contributed by atoms with Crippen LogP contribution in [0.3, 0.4) is 0 Å². The molecule has 0 aliphatic carbocycles. The Hall–Kier alpha value is -2.12. The molecule has 0 bridgehead atoms. The summed E-state index contributed by atoms with van der Waals surface area (Å²) < 4.78 is 14.5. The number of carbonyl (C=O) groups excluding carboxylic acids is 3. The van der Waals surface area contributed by atoms with E-state index < -0.39 is 23.9 Å². The average Bonchev–Trinajstić information content (AvgIpc) is 2.40. The van der Waals surface area contributed by atoms with Crippen LogP contribution in [0.25, 0.3) is 0 Å². The molecule has 120 valence electrons. The van der Waals surface area contributed by atoms with Crippen molar-refractivity contribution < 1.29 is 28.6 Å². The number of rotatable bonds is 6. The van der Waals surface area contributed by atoms with E-state index >= 15 is 0 Å². The monoisotopic (exact) mass is 329 g/mol. The summed E-state index contributed by atoms with van der Waals surface area (Å²) in [6.45, 7) is 2.44. The molecule has 0 spiro atoms. The summed E-state index contributed by atoms with van der Waals surface area (Å²) in [5.41, 5.74) is 6.28. The van der Waals surface area contributed by atoms with Crippen LogP contribution in [0.15, 0.2) is 18.2 Å². The van der Waals surface area contributed by atoms with Crippen molar-refractivity contribution in [1.82, 2.24) is 0 Å². The molecule has 7 nitrogen and oxygen atoms in total. The van der Waals surface area contributed by atoms with Gasteiger partial charge in [0.05, 0.1) is 0 Å². The molecule has 0 saturated carbocycles. The van der Waals surface area contributed by atoms with Gasteiger partial charge in [0.2, 0.25) is 0 Å². The van der Waals surface area contributed by atoms with Crippen molar-refractivity contribution in [2.24, 2.45) is 5.73 Å². The molecule has 0 unspecified atom stereocenters. The highest BCUT2D eigenvalue weighted by atomic mass is 35.5. The number of esters is 3. The Labute approximate surface area is 132 Å². The number of ether oxygens (including phenoxy) is 3. The van der Waals surface area contributed by atoms with Crippen LogP contribution in [0.5, 0.6) is 11.5 Å². The molecule has 0 heterocycles. The highest BCUT2D eigenvalue weighted by Gasteiger charge is 2.17. The molecule has 0 fully saturated rings. The van der Waals surface area contributed by atoms with Crippen LogP contribution in [0.2, 0.25) is 0 Å². The maximum Gasteiger partial charge on any atom is 0.324 e. The van der Waals surface area contributed by atoms with Crippen molar-refractivity contribution >= 4 is 29.5 Å². The van der Waals surface area contributed by atoms with Gasteiger partial charge in [-0.2, -0.15) is 0 Å². The number of nitrogens with two attached hydrogens (primary N) is 1. The van der Waals surface area contributed by atoms with Gasteiger partial charge in [0.15, 0.2) is 17.6 Å². The fourth-order valence-corrected chi connectivity index (χ4v) is 1.76. The van der Waals surface area contributed by atoms with E-state index in [0.717, 1.165) is 0 Å². The minimum absolute atomic E-state index is 0.0677. The Balaban J connectivity index is 2.95. The third-order valence-corrected chi connectivity index (χ3v) is 2.58. The van der Waals surface area contributed by atoms with Crippen LogP contribution in [0.4, 0.5) is 0 Å². The first-order valence-corrected chi connectivity index (χ1v) is 6.85. The molecule has 0 aliphatic rings. The highest BCUT2D eigenvalue weighted by Crippen LogP contribution is 2.29. The SMILES string of the molecule is CC(=O)Oc1ccc(C[C@H](N)C(=O)OCCl)cc1OC(C)=O. The third kappa shape index (κ3) is 5.71. The fraction of sp³-hybridized carbons (Fsp3) is 0.357. The molecule has 1 rings (SSSR count).